The minimum Gasteiger partial charge on any atom is -0.504 e. The van der Waals surface area contributed by atoms with Crippen LogP contribution >= 0.6 is 0 Å². The number of ether oxygens (including phenoxy) is 3. The summed E-state index contributed by atoms with van der Waals surface area (Å²) in [6.45, 7) is 4.59. The summed E-state index contributed by atoms with van der Waals surface area (Å²) in [5, 5.41) is 10.1. The normalized spacial score (nSPS) is 10.1. The number of phenolic OH excluding ortho intramolecular Hbond substituents is 1. The molecule has 0 saturated carbocycles. The second kappa shape index (κ2) is 8.81. The van der Waals surface area contributed by atoms with Crippen molar-refractivity contribution in [2.75, 3.05) is 7.11 Å². The first-order chi connectivity index (χ1) is 11.8. The predicted molar refractivity (Wildman–Crippen MR) is 85.9 cm³/mol. The quantitative estimate of drug-likeness (QED) is 0.452. The van der Waals surface area contributed by atoms with Crippen molar-refractivity contribution in [1.29, 1.82) is 0 Å². The molecule has 136 valence electrons. The zero-order valence-corrected chi connectivity index (χ0v) is 14.5. The van der Waals surface area contributed by atoms with Gasteiger partial charge in [0.2, 0.25) is 5.75 Å². The second-order valence-electron chi connectivity index (χ2n) is 4.90. The summed E-state index contributed by atoms with van der Waals surface area (Å²) in [5.74, 6) is -4.50. The van der Waals surface area contributed by atoms with Gasteiger partial charge in [-0.2, -0.15) is 0 Å². The van der Waals surface area contributed by atoms with E-state index in [1.165, 1.54) is 13.8 Å². The van der Waals surface area contributed by atoms with Gasteiger partial charge in [-0.15, -0.1) is 0 Å². The fourth-order valence-electron chi connectivity index (χ4n) is 1.92. The summed E-state index contributed by atoms with van der Waals surface area (Å²) in [4.78, 5) is 47.7. The monoisotopic (exact) mass is 352 g/mol. The summed E-state index contributed by atoms with van der Waals surface area (Å²) in [6.07, 6.45) is -0.0762. The van der Waals surface area contributed by atoms with Gasteiger partial charge in [0.25, 0.3) is 0 Å². The van der Waals surface area contributed by atoms with E-state index in [0.29, 0.717) is 0 Å². The average molecular weight is 352 g/mol. The van der Waals surface area contributed by atoms with Crippen LogP contribution in [0.5, 0.6) is 17.2 Å². The summed E-state index contributed by atoms with van der Waals surface area (Å²) < 4.78 is 14.7. The van der Waals surface area contributed by atoms with Gasteiger partial charge in [0.15, 0.2) is 17.3 Å². The molecule has 0 aliphatic rings. The van der Waals surface area contributed by atoms with Crippen LogP contribution in [-0.2, 0) is 14.3 Å². The number of Topliss-reactive ketones (excluding diaryl/α,β-unsaturated/α-hetero) is 1. The van der Waals surface area contributed by atoms with Crippen molar-refractivity contribution in [1.82, 2.24) is 0 Å². The highest BCUT2D eigenvalue weighted by molar-refractivity contribution is 6.10. The first-order valence-corrected chi connectivity index (χ1v) is 7.73. The molecule has 1 N–H and O–H groups in total. The number of rotatable bonds is 7. The number of esters is 3. The van der Waals surface area contributed by atoms with Crippen molar-refractivity contribution in [2.24, 2.45) is 0 Å². The van der Waals surface area contributed by atoms with Crippen molar-refractivity contribution in [3.63, 3.8) is 0 Å². The lowest BCUT2D eigenvalue weighted by molar-refractivity contribution is -0.136. The number of aromatic hydroxyl groups is 1. The third kappa shape index (κ3) is 4.56. The summed E-state index contributed by atoms with van der Waals surface area (Å²) >= 11 is 0. The smallest absolute Gasteiger partial charge is 0.338 e. The van der Waals surface area contributed by atoms with Gasteiger partial charge in [-0.1, -0.05) is 20.8 Å². The van der Waals surface area contributed by atoms with Crippen molar-refractivity contribution in [3.8, 4) is 17.2 Å². The molecule has 0 atom stereocenters. The fourth-order valence-corrected chi connectivity index (χ4v) is 1.92. The number of hydrogen-bond acceptors (Lipinski definition) is 8. The summed E-state index contributed by atoms with van der Waals surface area (Å²) in [5.41, 5.74) is -0.574. The molecule has 0 fully saturated rings. The number of carbonyl (C=O) groups is 4. The topological polar surface area (TPSA) is 116 Å². The largest absolute Gasteiger partial charge is 0.504 e. The van der Waals surface area contributed by atoms with Crippen LogP contribution in [0.15, 0.2) is 6.07 Å². The lowest BCUT2D eigenvalue weighted by atomic mass is 9.99. The molecular weight excluding hydrogens is 332 g/mol. The maximum Gasteiger partial charge on any atom is 0.338 e. The molecule has 0 saturated heterocycles. The SMILES string of the molecule is CCC(=O)Oc1c(O)cc(C(=O)OC)c(C(=O)CC)c1OC(=O)CC. The molecule has 1 aromatic rings. The Bertz CT molecular complexity index is 705. The molecule has 0 unspecified atom stereocenters. The van der Waals surface area contributed by atoms with Crippen LogP contribution in [0, 0.1) is 0 Å². The number of hydrogen-bond donors (Lipinski definition) is 1. The molecule has 0 radical (unpaired) electrons. The molecule has 0 spiro atoms. The number of carbonyl (C=O) groups excluding carboxylic acids is 4. The highest BCUT2D eigenvalue weighted by Gasteiger charge is 2.30. The van der Waals surface area contributed by atoms with Gasteiger partial charge in [0.1, 0.15) is 0 Å². The first kappa shape index (κ1) is 20.1. The molecule has 8 nitrogen and oxygen atoms in total. The highest BCUT2D eigenvalue weighted by Crippen LogP contribution is 2.43. The van der Waals surface area contributed by atoms with Gasteiger partial charge in [-0.05, 0) is 6.07 Å². The lowest BCUT2D eigenvalue weighted by Gasteiger charge is -2.17. The van der Waals surface area contributed by atoms with Crippen LogP contribution in [0.4, 0.5) is 0 Å². The summed E-state index contributed by atoms with van der Waals surface area (Å²) in [6, 6.07) is 0.941. The maximum atomic E-state index is 12.3. The Kier molecular flexibility index (Phi) is 7.10. The van der Waals surface area contributed by atoms with E-state index in [4.69, 9.17) is 9.47 Å². The van der Waals surface area contributed by atoms with Gasteiger partial charge in [0, 0.05) is 19.3 Å². The van der Waals surface area contributed by atoms with E-state index >= 15 is 0 Å². The van der Waals surface area contributed by atoms with Crippen LogP contribution in [0.3, 0.4) is 0 Å². The molecule has 25 heavy (non-hydrogen) atoms. The van der Waals surface area contributed by atoms with Crippen molar-refractivity contribution >= 4 is 23.7 Å². The van der Waals surface area contributed by atoms with Crippen LogP contribution in [-0.4, -0.2) is 35.9 Å². The van der Waals surface area contributed by atoms with Crippen LogP contribution < -0.4 is 9.47 Å². The minimum absolute atomic E-state index is 0.0174. The van der Waals surface area contributed by atoms with E-state index in [1.807, 2.05) is 0 Å². The standard InChI is InChI=1S/C17H20O8/c1-5-10(18)14-9(17(22)23-4)8-11(19)15(24-12(20)6-2)16(14)25-13(21)7-3/h8,19H,5-7H2,1-4H3. The first-order valence-electron chi connectivity index (χ1n) is 7.73. The molecule has 0 aromatic heterocycles. The van der Waals surface area contributed by atoms with E-state index < -0.39 is 40.9 Å². The van der Waals surface area contributed by atoms with E-state index in [-0.39, 0.29) is 30.4 Å². The maximum absolute atomic E-state index is 12.3. The second-order valence-corrected chi connectivity index (χ2v) is 4.90. The molecule has 8 heteroatoms. The predicted octanol–water partition coefficient (Wildman–Crippen LogP) is 2.40. The Morgan fingerprint density at radius 3 is 1.88 bits per heavy atom. The Morgan fingerprint density at radius 1 is 0.920 bits per heavy atom. The third-order valence-electron chi connectivity index (χ3n) is 3.23. The number of methoxy groups -OCH3 is 1. The van der Waals surface area contributed by atoms with Gasteiger partial charge < -0.3 is 19.3 Å². The molecule has 0 bridgehead atoms. The molecule has 0 amide bonds. The van der Waals surface area contributed by atoms with Crippen molar-refractivity contribution in [3.05, 3.63) is 17.2 Å². The molecule has 0 aliphatic carbocycles. The minimum atomic E-state index is -0.908. The molecule has 0 aliphatic heterocycles. The van der Waals surface area contributed by atoms with E-state index in [2.05, 4.69) is 4.74 Å². The Labute approximate surface area is 144 Å². The molecule has 1 aromatic carbocycles. The van der Waals surface area contributed by atoms with Gasteiger partial charge in [0.05, 0.1) is 18.2 Å². The van der Waals surface area contributed by atoms with E-state index in [9.17, 15) is 24.3 Å². The Morgan fingerprint density at radius 2 is 1.44 bits per heavy atom. The van der Waals surface area contributed by atoms with E-state index in [1.54, 1.807) is 6.92 Å². The summed E-state index contributed by atoms with van der Waals surface area (Å²) in [7, 11) is 1.10. The van der Waals surface area contributed by atoms with Gasteiger partial charge in [-0.25, -0.2) is 4.79 Å². The third-order valence-corrected chi connectivity index (χ3v) is 3.23. The van der Waals surface area contributed by atoms with Gasteiger partial charge >= 0.3 is 17.9 Å². The van der Waals surface area contributed by atoms with Gasteiger partial charge in [-0.3, -0.25) is 14.4 Å². The lowest BCUT2D eigenvalue weighted by Crippen LogP contribution is -2.17. The fraction of sp³-hybridized carbons (Fsp3) is 0.412. The van der Waals surface area contributed by atoms with Crippen molar-refractivity contribution < 1.29 is 38.5 Å². The molecule has 0 heterocycles. The number of benzene rings is 1. The zero-order chi connectivity index (χ0) is 19.1. The zero-order valence-electron chi connectivity index (χ0n) is 14.5. The van der Waals surface area contributed by atoms with Crippen molar-refractivity contribution in [2.45, 2.75) is 40.0 Å². The number of phenols is 1. The average Bonchev–Trinajstić information content (AvgIpc) is 2.62. The van der Waals surface area contributed by atoms with E-state index in [0.717, 1.165) is 13.2 Å². The van der Waals surface area contributed by atoms with Crippen LogP contribution in [0.2, 0.25) is 0 Å². The molecule has 1 rings (SSSR count). The highest BCUT2D eigenvalue weighted by atomic mass is 16.6. The number of ketones is 1. The Balaban J connectivity index is 3.77. The Hall–Kier alpha value is -2.90. The molecular formula is C17H20O8. The van der Waals surface area contributed by atoms with Crippen LogP contribution in [0.25, 0.3) is 0 Å². The van der Waals surface area contributed by atoms with Crippen LogP contribution in [0.1, 0.15) is 60.7 Å².